The number of aliphatic hydroxyl groups is 1. The van der Waals surface area contributed by atoms with E-state index in [4.69, 9.17) is 4.74 Å². The smallest absolute Gasteiger partial charge is 0.0807 e. The number of ether oxygens (including phenoxy) is 1. The molecule has 94 valence electrons. The summed E-state index contributed by atoms with van der Waals surface area (Å²) in [5.41, 5.74) is 2.20. The average molecular weight is 235 g/mol. The summed E-state index contributed by atoms with van der Waals surface area (Å²) in [6, 6.07) is 8.15. The Balaban J connectivity index is 2.23. The molecular formula is C14H21NO2. The summed E-state index contributed by atoms with van der Waals surface area (Å²) in [5.74, 6) is 0. The number of para-hydroxylation sites is 1. The van der Waals surface area contributed by atoms with Gasteiger partial charge in [-0.3, -0.25) is 0 Å². The quantitative estimate of drug-likeness (QED) is 0.873. The van der Waals surface area contributed by atoms with E-state index in [1.165, 1.54) is 0 Å². The van der Waals surface area contributed by atoms with Gasteiger partial charge in [-0.15, -0.1) is 0 Å². The van der Waals surface area contributed by atoms with Crippen LogP contribution < -0.4 is 4.90 Å². The Labute approximate surface area is 103 Å². The molecule has 1 fully saturated rings. The molecule has 17 heavy (non-hydrogen) atoms. The van der Waals surface area contributed by atoms with E-state index >= 15 is 0 Å². The molecule has 0 spiro atoms. The first-order valence-electron chi connectivity index (χ1n) is 6.42. The van der Waals surface area contributed by atoms with Gasteiger partial charge in [0, 0.05) is 30.9 Å². The Hall–Kier alpha value is -1.06. The van der Waals surface area contributed by atoms with Crippen molar-refractivity contribution in [3.8, 4) is 0 Å². The number of hydrogen-bond donors (Lipinski definition) is 1. The van der Waals surface area contributed by atoms with Crippen molar-refractivity contribution >= 4 is 5.69 Å². The molecule has 1 heterocycles. The Morgan fingerprint density at radius 3 is 2.94 bits per heavy atom. The second kappa shape index (κ2) is 6.03. The van der Waals surface area contributed by atoms with Crippen LogP contribution in [-0.2, 0) is 4.74 Å². The lowest BCUT2D eigenvalue weighted by molar-refractivity contribution is 0.152. The lowest BCUT2D eigenvalue weighted by Crippen LogP contribution is -2.27. The predicted molar refractivity (Wildman–Crippen MR) is 69.3 cm³/mol. The molecule has 3 nitrogen and oxygen atoms in total. The SMILES string of the molecule is CC[C@@H](O)c1ccccc1N1CCCOCC1. The molecule has 1 aliphatic heterocycles. The van der Waals surface area contributed by atoms with Crippen LogP contribution in [0.3, 0.4) is 0 Å². The molecule has 0 unspecified atom stereocenters. The first-order chi connectivity index (χ1) is 8.33. The monoisotopic (exact) mass is 235 g/mol. The lowest BCUT2D eigenvalue weighted by atomic mass is 10.0. The lowest BCUT2D eigenvalue weighted by Gasteiger charge is -2.26. The Bertz CT molecular complexity index is 346. The third-order valence-corrected chi connectivity index (χ3v) is 3.25. The van der Waals surface area contributed by atoms with E-state index in [2.05, 4.69) is 11.0 Å². The Morgan fingerprint density at radius 2 is 2.12 bits per heavy atom. The van der Waals surface area contributed by atoms with Crippen molar-refractivity contribution in [3.05, 3.63) is 29.8 Å². The van der Waals surface area contributed by atoms with E-state index in [-0.39, 0.29) is 6.10 Å². The van der Waals surface area contributed by atoms with Crippen molar-refractivity contribution in [2.45, 2.75) is 25.9 Å². The van der Waals surface area contributed by atoms with Gasteiger partial charge in [0.15, 0.2) is 0 Å². The summed E-state index contributed by atoms with van der Waals surface area (Å²) in [5, 5.41) is 10.1. The predicted octanol–water partition coefficient (Wildman–Crippen LogP) is 2.36. The number of benzene rings is 1. The molecule has 0 aliphatic carbocycles. The molecule has 0 aromatic heterocycles. The Morgan fingerprint density at radius 1 is 1.29 bits per heavy atom. The van der Waals surface area contributed by atoms with Crippen LogP contribution in [0.4, 0.5) is 5.69 Å². The van der Waals surface area contributed by atoms with Gasteiger partial charge < -0.3 is 14.7 Å². The third kappa shape index (κ3) is 2.99. The number of aliphatic hydroxyl groups excluding tert-OH is 1. The van der Waals surface area contributed by atoms with Crippen LogP contribution in [0.15, 0.2) is 24.3 Å². The molecule has 1 atom stereocenters. The number of nitrogens with zero attached hydrogens (tertiary/aromatic N) is 1. The Kier molecular flexibility index (Phi) is 4.40. The van der Waals surface area contributed by atoms with E-state index < -0.39 is 0 Å². The molecular weight excluding hydrogens is 214 g/mol. The maximum atomic E-state index is 10.1. The highest BCUT2D eigenvalue weighted by molar-refractivity contribution is 5.54. The first kappa shape index (κ1) is 12.4. The minimum Gasteiger partial charge on any atom is -0.388 e. The van der Waals surface area contributed by atoms with E-state index in [0.717, 1.165) is 50.4 Å². The zero-order valence-electron chi connectivity index (χ0n) is 10.4. The molecule has 1 aromatic carbocycles. The second-order valence-corrected chi connectivity index (χ2v) is 4.44. The van der Waals surface area contributed by atoms with Gasteiger partial charge in [0.25, 0.3) is 0 Å². The molecule has 1 saturated heterocycles. The third-order valence-electron chi connectivity index (χ3n) is 3.25. The van der Waals surface area contributed by atoms with Crippen LogP contribution in [0, 0.1) is 0 Å². The van der Waals surface area contributed by atoms with Crippen LogP contribution in [-0.4, -0.2) is 31.4 Å². The van der Waals surface area contributed by atoms with Gasteiger partial charge >= 0.3 is 0 Å². The van der Waals surface area contributed by atoms with Gasteiger partial charge in [-0.25, -0.2) is 0 Å². The summed E-state index contributed by atoms with van der Waals surface area (Å²) in [6.07, 6.45) is 1.44. The van der Waals surface area contributed by atoms with E-state index in [1.807, 2.05) is 25.1 Å². The molecule has 1 aromatic rings. The van der Waals surface area contributed by atoms with Crippen molar-refractivity contribution in [3.63, 3.8) is 0 Å². The molecule has 1 N–H and O–H groups in total. The van der Waals surface area contributed by atoms with Crippen molar-refractivity contribution in [2.75, 3.05) is 31.2 Å². The highest BCUT2D eigenvalue weighted by Crippen LogP contribution is 2.28. The summed E-state index contributed by atoms with van der Waals surface area (Å²) in [4.78, 5) is 2.32. The fourth-order valence-corrected chi connectivity index (χ4v) is 2.26. The van der Waals surface area contributed by atoms with Crippen molar-refractivity contribution < 1.29 is 9.84 Å². The minimum atomic E-state index is -0.365. The van der Waals surface area contributed by atoms with Gasteiger partial charge in [0.2, 0.25) is 0 Å². The number of rotatable bonds is 3. The van der Waals surface area contributed by atoms with E-state index in [1.54, 1.807) is 0 Å². The van der Waals surface area contributed by atoms with Gasteiger partial charge in [-0.05, 0) is 18.9 Å². The number of anilines is 1. The minimum absolute atomic E-state index is 0.365. The van der Waals surface area contributed by atoms with Crippen molar-refractivity contribution in [1.82, 2.24) is 0 Å². The maximum absolute atomic E-state index is 10.1. The molecule has 0 radical (unpaired) electrons. The summed E-state index contributed by atoms with van der Waals surface area (Å²) < 4.78 is 5.47. The van der Waals surface area contributed by atoms with Crippen molar-refractivity contribution in [2.24, 2.45) is 0 Å². The summed E-state index contributed by atoms with van der Waals surface area (Å²) in [6.45, 7) is 5.54. The fourth-order valence-electron chi connectivity index (χ4n) is 2.26. The number of hydrogen-bond acceptors (Lipinski definition) is 3. The molecule has 2 rings (SSSR count). The molecule has 0 saturated carbocycles. The van der Waals surface area contributed by atoms with Gasteiger partial charge in [0.1, 0.15) is 0 Å². The molecule has 0 amide bonds. The topological polar surface area (TPSA) is 32.7 Å². The van der Waals surface area contributed by atoms with Crippen LogP contribution >= 0.6 is 0 Å². The zero-order valence-corrected chi connectivity index (χ0v) is 10.4. The van der Waals surface area contributed by atoms with E-state index in [0.29, 0.717) is 0 Å². The second-order valence-electron chi connectivity index (χ2n) is 4.44. The maximum Gasteiger partial charge on any atom is 0.0807 e. The molecule has 3 heteroatoms. The summed E-state index contributed by atoms with van der Waals surface area (Å²) >= 11 is 0. The van der Waals surface area contributed by atoms with Gasteiger partial charge in [-0.1, -0.05) is 25.1 Å². The fraction of sp³-hybridized carbons (Fsp3) is 0.571. The van der Waals surface area contributed by atoms with E-state index in [9.17, 15) is 5.11 Å². The largest absolute Gasteiger partial charge is 0.388 e. The van der Waals surface area contributed by atoms with Gasteiger partial charge in [0.05, 0.1) is 12.7 Å². The van der Waals surface area contributed by atoms with Crippen LogP contribution in [0.2, 0.25) is 0 Å². The first-order valence-corrected chi connectivity index (χ1v) is 6.42. The highest BCUT2D eigenvalue weighted by Gasteiger charge is 2.16. The molecule has 0 bridgehead atoms. The van der Waals surface area contributed by atoms with Gasteiger partial charge in [-0.2, -0.15) is 0 Å². The van der Waals surface area contributed by atoms with Crippen LogP contribution in [0.5, 0.6) is 0 Å². The zero-order chi connectivity index (χ0) is 12.1. The normalized spacial score (nSPS) is 18.8. The average Bonchev–Trinajstić information content (AvgIpc) is 2.66. The van der Waals surface area contributed by atoms with Crippen molar-refractivity contribution in [1.29, 1.82) is 0 Å². The van der Waals surface area contributed by atoms with Crippen LogP contribution in [0.25, 0.3) is 0 Å². The highest BCUT2D eigenvalue weighted by atomic mass is 16.5. The molecule has 1 aliphatic rings. The standard InChI is InChI=1S/C14H21NO2/c1-2-14(16)12-6-3-4-7-13(12)15-8-5-10-17-11-9-15/h3-4,6-7,14,16H,2,5,8-11H2,1H3/t14-/m1/s1. The van der Waals surface area contributed by atoms with Crippen LogP contribution in [0.1, 0.15) is 31.4 Å². The summed E-state index contributed by atoms with van der Waals surface area (Å²) in [7, 11) is 0.